The summed E-state index contributed by atoms with van der Waals surface area (Å²) in [6.07, 6.45) is 1.65. The molecule has 0 saturated carbocycles. The van der Waals surface area contributed by atoms with Crippen LogP contribution in [0.25, 0.3) is 5.00 Å². The Morgan fingerprint density at radius 3 is 2.52 bits per heavy atom. The van der Waals surface area contributed by atoms with Gasteiger partial charge in [-0.3, -0.25) is 9.00 Å². The first-order valence-electron chi connectivity index (χ1n) is 6.75. The summed E-state index contributed by atoms with van der Waals surface area (Å²) in [5.74, 6) is -0.115. The summed E-state index contributed by atoms with van der Waals surface area (Å²) in [5, 5.41) is 5.67. The molecule has 2 aromatic heterocycles. The number of aryl methyl sites for hydroxylation is 2. The van der Waals surface area contributed by atoms with Gasteiger partial charge in [0.15, 0.2) is 0 Å². The van der Waals surface area contributed by atoms with E-state index in [4.69, 9.17) is 0 Å². The maximum absolute atomic E-state index is 12.4. The quantitative estimate of drug-likeness (QED) is 0.919. The second kappa shape index (κ2) is 6.58. The van der Waals surface area contributed by atoms with Gasteiger partial charge in [-0.1, -0.05) is 0 Å². The molecule has 0 aliphatic heterocycles. The van der Waals surface area contributed by atoms with Crippen molar-refractivity contribution in [3.05, 3.63) is 40.5 Å². The highest BCUT2D eigenvalue weighted by Gasteiger charge is 2.17. The van der Waals surface area contributed by atoms with E-state index in [2.05, 4.69) is 9.88 Å². The molecule has 0 fully saturated rings. The van der Waals surface area contributed by atoms with Crippen LogP contribution in [0.4, 0.5) is 0 Å². The monoisotopic (exact) mass is 324 g/mol. The van der Waals surface area contributed by atoms with E-state index in [1.807, 2.05) is 44.4 Å². The molecule has 1 amide bonds. The third-order valence-electron chi connectivity index (χ3n) is 3.48. The lowest BCUT2D eigenvalue weighted by molar-refractivity contribution is 0.0954. The summed E-state index contributed by atoms with van der Waals surface area (Å²) < 4.78 is 13.4. The van der Waals surface area contributed by atoms with Gasteiger partial charge in [0.05, 0.1) is 5.56 Å². The van der Waals surface area contributed by atoms with Crippen LogP contribution in [0.5, 0.6) is 0 Å². The van der Waals surface area contributed by atoms with Crippen LogP contribution in [-0.2, 0) is 10.8 Å². The Labute approximate surface area is 131 Å². The van der Waals surface area contributed by atoms with Gasteiger partial charge in [0, 0.05) is 40.2 Å². The number of amides is 1. The van der Waals surface area contributed by atoms with Gasteiger partial charge in [-0.15, -0.1) is 11.3 Å². The lowest BCUT2D eigenvalue weighted by Gasteiger charge is -2.12. The fraction of sp³-hybridized carbons (Fsp3) is 0.400. The van der Waals surface area contributed by atoms with E-state index in [1.54, 1.807) is 17.6 Å². The third kappa shape index (κ3) is 3.44. The molecule has 4 nitrogen and oxygen atoms in total. The van der Waals surface area contributed by atoms with Crippen LogP contribution in [-0.4, -0.2) is 32.7 Å². The van der Waals surface area contributed by atoms with Crippen LogP contribution in [0.1, 0.15) is 28.7 Å². The van der Waals surface area contributed by atoms with Crippen molar-refractivity contribution >= 4 is 28.0 Å². The Kier molecular flexibility index (Phi) is 5.00. The number of aromatic nitrogens is 1. The molecule has 0 aromatic carbocycles. The molecule has 0 unspecified atom stereocenters. The van der Waals surface area contributed by atoms with E-state index in [0.29, 0.717) is 12.1 Å². The highest BCUT2D eigenvalue weighted by Crippen LogP contribution is 2.25. The van der Waals surface area contributed by atoms with Crippen molar-refractivity contribution < 1.29 is 9.00 Å². The minimum absolute atomic E-state index is 0.0499. The first-order chi connectivity index (χ1) is 9.91. The van der Waals surface area contributed by atoms with Crippen LogP contribution in [0.3, 0.4) is 0 Å². The fourth-order valence-corrected chi connectivity index (χ4v) is 3.42. The molecule has 2 rings (SSSR count). The number of thiophene rings is 1. The molecule has 2 aromatic rings. The lowest BCUT2D eigenvalue weighted by Crippen LogP contribution is -2.32. The Balaban J connectivity index is 2.21. The fourth-order valence-electron chi connectivity index (χ4n) is 2.09. The highest BCUT2D eigenvalue weighted by molar-refractivity contribution is 7.84. The van der Waals surface area contributed by atoms with Crippen molar-refractivity contribution in [3.63, 3.8) is 0 Å². The molecule has 2 heterocycles. The largest absolute Gasteiger partial charge is 0.351 e. The normalized spacial score (nSPS) is 13.9. The maximum Gasteiger partial charge on any atom is 0.254 e. The van der Waals surface area contributed by atoms with E-state index < -0.39 is 10.8 Å². The zero-order valence-corrected chi connectivity index (χ0v) is 14.3. The minimum Gasteiger partial charge on any atom is -0.351 e. The third-order valence-corrected chi connectivity index (χ3v) is 5.68. The molecule has 1 N–H and O–H groups in total. The zero-order chi connectivity index (χ0) is 15.6. The molecule has 0 aliphatic rings. The number of hydrogen-bond donors (Lipinski definition) is 1. The summed E-state index contributed by atoms with van der Waals surface area (Å²) in [6, 6.07) is 5.92. The van der Waals surface area contributed by atoms with E-state index in [1.165, 1.54) is 0 Å². The molecule has 0 aliphatic carbocycles. The smallest absolute Gasteiger partial charge is 0.254 e. The van der Waals surface area contributed by atoms with Gasteiger partial charge in [-0.2, -0.15) is 0 Å². The predicted molar refractivity (Wildman–Crippen MR) is 89.0 cm³/mol. The van der Waals surface area contributed by atoms with E-state index >= 15 is 0 Å². The van der Waals surface area contributed by atoms with E-state index in [0.717, 1.165) is 16.4 Å². The molecular weight excluding hydrogens is 304 g/mol. The topological polar surface area (TPSA) is 51.1 Å². The maximum atomic E-state index is 12.4. The molecule has 0 spiro atoms. The average molecular weight is 324 g/mol. The molecule has 0 saturated heterocycles. The Morgan fingerprint density at radius 1 is 1.33 bits per heavy atom. The van der Waals surface area contributed by atoms with Crippen LogP contribution >= 0.6 is 11.3 Å². The summed E-state index contributed by atoms with van der Waals surface area (Å²) in [5.41, 5.74) is 2.87. The van der Waals surface area contributed by atoms with Crippen molar-refractivity contribution in [1.29, 1.82) is 0 Å². The summed E-state index contributed by atoms with van der Waals surface area (Å²) in [6.45, 7) is 6.33. The molecular formula is C15H20N2O2S2. The van der Waals surface area contributed by atoms with Crippen LogP contribution in [0, 0.1) is 13.8 Å². The molecule has 21 heavy (non-hydrogen) atoms. The molecule has 0 radical (unpaired) electrons. The number of hydrogen-bond acceptors (Lipinski definition) is 3. The van der Waals surface area contributed by atoms with Gasteiger partial charge in [0.1, 0.15) is 5.00 Å². The number of carbonyl (C=O) groups is 1. The van der Waals surface area contributed by atoms with Gasteiger partial charge in [-0.05, 0) is 44.4 Å². The van der Waals surface area contributed by atoms with Crippen LogP contribution in [0.15, 0.2) is 23.6 Å². The number of rotatable bonds is 5. The van der Waals surface area contributed by atoms with Gasteiger partial charge < -0.3 is 9.88 Å². The first kappa shape index (κ1) is 16.0. The van der Waals surface area contributed by atoms with Crippen LogP contribution in [0.2, 0.25) is 0 Å². The Bertz CT molecular complexity index is 654. The van der Waals surface area contributed by atoms with Gasteiger partial charge >= 0.3 is 0 Å². The first-order valence-corrected chi connectivity index (χ1v) is 9.25. The number of carbonyl (C=O) groups excluding carboxylic acids is 1. The van der Waals surface area contributed by atoms with Crippen LogP contribution < -0.4 is 5.32 Å². The van der Waals surface area contributed by atoms with E-state index in [-0.39, 0.29) is 11.2 Å². The van der Waals surface area contributed by atoms with Crippen molar-refractivity contribution in [2.75, 3.05) is 12.8 Å². The minimum atomic E-state index is -0.933. The second-order valence-corrected chi connectivity index (χ2v) is 7.81. The van der Waals surface area contributed by atoms with E-state index in [9.17, 15) is 9.00 Å². The number of nitrogens with zero attached hydrogens (tertiary/aromatic N) is 1. The average Bonchev–Trinajstić information content (AvgIpc) is 3.02. The van der Waals surface area contributed by atoms with Gasteiger partial charge in [-0.25, -0.2) is 0 Å². The molecule has 114 valence electrons. The number of nitrogens with one attached hydrogen (secondary N) is 1. The standard InChI is InChI=1S/C15H20N2O2S2/c1-10-5-6-11(2)17(10)15-13(7-8-20-15)14(18)16-9-12(3)21(4)19/h5-8,12H,9H2,1-4H3,(H,16,18)/t12-,21-/m1/s1. The molecule has 2 atom stereocenters. The summed E-state index contributed by atoms with van der Waals surface area (Å²) in [4.78, 5) is 12.4. The Hall–Kier alpha value is -1.40. The SMILES string of the molecule is Cc1ccc(C)n1-c1sccc1C(=O)NC[C@@H](C)[S@@](C)=O. The predicted octanol–water partition coefficient (Wildman–Crippen LogP) is 2.65. The summed E-state index contributed by atoms with van der Waals surface area (Å²) in [7, 11) is -0.933. The van der Waals surface area contributed by atoms with Crippen molar-refractivity contribution in [2.45, 2.75) is 26.0 Å². The lowest BCUT2D eigenvalue weighted by atomic mass is 10.3. The van der Waals surface area contributed by atoms with Gasteiger partial charge in [0.2, 0.25) is 0 Å². The van der Waals surface area contributed by atoms with Gasteiger partial charge in [0.25, 0.3) is 5.91 Å². The Morgan fingerprint density at radius 2 is 1.95 bits per heavy atom. The summed E-state index contributed by atoms with van der Waals surface area (Å²) >= 11 is 1.55. The molecule has 6 heteroatoms. The van der Waals surface area contributed by atoms with Crippen molar-refractivity contribution in [1.82, 2.24) is 9.88 Å². The van der Waals surface area contributed by atoms with Crippen molar-refractivity contribution in [2.24, 2.45) is 0 Å². The second-order valence-electron chi connectivity index (χ2n) is 5.11. The highest BCUT2D eigenvalue weighted by atomic mass is 32.2. The zero-order valence-electron chi connectivity index (χ0n) is 12.7. The molecule has 0 bridgehead atoms. The van der Waals surface area contributed by atoms with Crippen molar-refractivity contribution in [3.8, 4) is 5.00 Å².